The van der Waals surface area contributed by atoms with Crippen LogP contribution >= 0.6 is 0 Å². The summed E-state index contributed by atoms with van der Waals surface area (Å²) < 4.78 is 5.96. The van der Waals surface area contributed by atoms with Crippen LogP contribution in [0.3, 0.4) is 0 Å². The van der Waals surface area contributed by atoms with Gasteiger partial charge in [0.1, 0.15) is 12.4 Å². The van der Waals surface area contributed by atoms with Crippen LogP contribution in [-0.4, -0.2) is 6.21 Å². The minimum atomic E-state index is 0.552. The maximum atomic E-state index is 5.96. The lowest BCUT2D eigenvalue weighted by Crippen LogP contribution is -1.98. The molecule has 0 N–H and O–H groups in total. The molecule has 0 amide bonds. The Kier molecular flexibility index (Phi) is 4.85. The van der Waals surface area contributed by atoms with Crippen molar-refractivity contribution in [2.75, 3.05) is 0 Å². The maximum absolute atomic E-state index is 5.96. The number of rotatable bonds is 5. The molecular formula is C21H19NO. The second-order valence-corrected chi connectivity index (χ2v) is 5.41. The van der Waals surface area contributed by atoms with Crippen LogP contribution in [0.4, 0.5) is 5.69 Å². The monoisotopic (exact) mass is 301 g/mol. The SMILES string of the molecule is Cc1ccc(COc2ccccc2C=Nc2ccccc2)cc1. The molecule has 0 aliphatic heterocycles. The van der Waals surface area contributed by atoms with Crippen molar-refractivity contribution in [1.29, 1.82) is 0 Å². The Morgan fingerprint density at radius 2 is 1.52 bits per heavy atom. The van der Waals surface area contributed by atoms with Gasteiger partial charge in [-0.3, -0.25) is 4.99 Å². The molecule has 3 rings (SSSR count). The second-order valence-electron chi connectivity index (χ2n) is 5.41. The highest BCUT2D eigenvalue weighted by molar-refractivity contribution is 5.85. The third-order valence-corrected chi connectivity index (χ3v) is 3.54. The molecule has 0 unspecified atom stereocenters. The second kappa shape index (κ2) is 7.41. The van der Waals surface area contributed by atoms with Crippen LogP contribution in [0.1, 0.15) is 16.7 Å². The minimum Gasteiger partial charge on any atom is -0.488 e. The highest BCUT2D eigenvalue weighted by Crippen LogP contribution is 2.19. The summed E-state index contributed by atoms with van der Waals surface area (Å²) in [7, 11) is 0. The molecule has 2 nitrogen and oxygen atoms in total. The first-order valence-electron chi connectivity index (χ1n) is 7.68. The van der Waals surface area contributed by atoms with Crippen LogP contribution in [-0.2, 0) is 6.61 Å². The zero-order chi connectivity index (χ0) is 15.9. The molecule has 0 aliphatic rings. The standard InChI is InChI=1S/C21H19NO/c1-17-11-13-18(14-12-17)16-23-21-10-6-5-7-19(21)15-22-20-8-3-2-4-9-20/h2-15H,16H2,1H3. The summed E-state index contributed by atoms with van der Waals surface area (Å²) in [5, 5.41) is 0. The highest BCUT2D eigenvalue weighted by Gasteiger charge is 2.01. The number of hydrogen-bond acceptors (Lipinski definition) is 2. The Morgan fingerprint density at radius 3 is 2.30 bits per heavy atom. The van der Waals surface area contributed by atoms with E-state index in [-0.39, 0.29) is 0 Å². The first-order chi connectivity index (χ1) is 11.3. The smallest absolute Gasteiger partial charge is 0.128 e. The van der Waals surface area contributed by atoms with Crippen LogP contribution in [0.15, 0.2) is 83.9 Å². The number of benzene rings is 3. The first-order valence-corrected chi connectivity index (χ1v) is 7.68. The number of ether oxygens (including phenoxy) is 1. The van der Waals surface area contributed by atoms with Crippen LogP contribution in [0, 0.1) is 6.92 Å². The Bertz CT molecular complexity index is 776. The van der Waals surface area contributed by atoms with Gasteiger partial charge in [0.25, 0.3) is 0 Å². The van der Waals surface area contributed by atoms with Gasteiger partial charge in [0.05, 0.1) is 5.69 Å². The molecule has 0 bridgehead atoms. The number of aliphatic imine (C=N–C) groups is 1. The van der Waals surface area contributed by atoms with Gasteiger partial charge in [-0.1, -0.05) is 60.2 Å². The van der Waals surface area contributed by atoms with Gasteiger partial charge in [-0.25, -0.2) is 0 Å². The van der Waals surface area contributed by atoms with E-state index in [2.05, 4.69) is 36.2 Å². The molecule has 0 fully saturated rings. The van der Waals surface area contributed by atoms with E-state index >= 15 is 0 Å². The van der Waals surface area contributed by atoms with Gasteiger partial charge >= 0.3 is 0 Å². The summed E-state index contributed by atoms with van der Waals surface area (Å²) in [4.78, 5) is 4.50. The maximum Gasteiger partial charge on any atom is 0.128 e. The van der Waals surface area contributed by atoms with E-state index in [9.17, 15) is 0 Å². The summed E-state index contributed by atoms with van der Waals surface area (Å²) in [6.45, 7) is 2.64. The average Bonchev–Trinajstić information content (AvgIpc) is 2.61. The summed E-state index contributed by atoms with van der Waals surface area (Å²) in [5.74, 6) is 0.841. The van der Waals surface area contributed by atoms with Gasteiger partial charge in [0.2, 0.25) is 0 Å². The van der Waals surface area contributed by atoms with E-state index < -0.39 is 0 Å². The van der Waals surface area contributed by atoms with E-state index in [1.54, 1.807) is 0 Å². The zero-order valence-corrected chi connectivity index (χ0v) is 13.1. The van der Waals surface area contributed by atoms with Crippen LogP contribution < -0.4 is 4.74 Å². The Hall–Kier alpha value is -2.87. The van der Waals surface area contributed by atoms with Gasteiger partial charge in [0.15, 0.2) is 0 Å². The van der Waals surface area contributed by atoms with Crippen molar-refractivity contribution >= 4 is 11.9 Å². The molecule has 2 heteroatoms. The molecule has 0 heterocycles. The molecule has 3 aromatic rings. The Labute approximate surface area is 137 Å². The third kappa shape index (κ3) is 4.30. The third-order valence-electron chi connectivity index (χ3n) is 3.54. The lowest BCUT2D eigenvalue weighted by Gasteiger charge is -2.09. The molecular weight excluding hydrogens is 282 g/mol. The number of nitrogens with zero attached hydrogens (tertiary/aromatic N) is 1. The number of aryl methyl sites for hydroxylation is 1. The van der Waals surface area contributed by atoms with Crippen LogP contribution in [0.25, 0.3) is 0 Å². The fourth-order valence-electron chi connectivity index (χ4n) is 2.22. The van der Waals surface area contributed by atoms with E-state index in [1.807, 2.05) is 60.8 Å². The molecule has 0 saturated heterocycles. The van der Waals surface area contributed by atoms with Crippen LogP contribution in [0.5, 0.6) is 5.75 Å². The van der Waals surface area contributed by atoms with Crippen molar-refractivity contribution in [3.8, 4) is 5.75 Å². The fraction of sp³-hybridized carbons (Fsp3) is 0.0952. The largest absolute Gasteiger partial charge is 0.488 e. The molecule has 0 aliphatic carbocycles. The van der Waals surface area contributed by atoms with E-state index in [4.69, 9.17) is 4.74 Å². The minimum absolute atomic E-state index is 0.552. The Balaban J connectivity index is 1.73. The predicted octanol–water partition coefficient (Wildman–Crippen LogP) is 5.32. The summed E-state index contributed by atoms with van der Waals surface area (Å²) in [5.41, 5.74) is 4.32. The Morgan fingerprint density at radius 1 is 0.826 bits per heavy atom. The van der Waals surface area contributed by atoms with Gasteiger partial charge in [-0.05, 0) is 36.8 Å². The normalized spacial score (nSPS) is 10.8. The van der Waals surface area contributed by atoms with E-state index in [0.29, 0.717) is 6.61 Å². The lowest BCUT2D eigenvalue weighted by molar-refractivity contribution is 0.306. The van der Waals surface area contributed by atoms with Crippen molar-refractivity contribution < 1.29 is 4.74 Å². The van der Waals surface area contributed by atoms with Crippen molar-refractivity contribution in [3.63, 3.8) is 0 Å². The highest BCUT2D eigenvalue weighted by atomic mass is 16.5. The number of para-hydroxylation sites is 2. The summed E-state index contributed by atoms with van der Waals surface area (Å²) >= 11 is 0. The molecule has 114 valence electrons. The topological polar surface area (TPSA) is 21.6 Å². The predicted molar refractivity (Wildman–Crippen MR) is 95.6 cm³/mol. The van der Waals surface area contributed by atoms with Gasteiger partial charge < -0.3 is 4.74 Å². The molecule has 0 saturated carbocycles. The summed E-state index contributed by atoms with van der Waals surface area (Å²) in [6, 6.07) is 26.2. The summed E-state index contributed by atoms with van der Waals surface area (Å²) in [6.07, 6.45) is 1.85. The molecule has 23 heavy (non-hydrogen) atoms. The lowest BCUT2D eigenvalue weighted by atomic mass is 10.1. The number of hydrogen-bond donors (Lipinski definition) is 0. The van der Waals surface area contributed by atoms with Gasteiger partial charge in [-0.2, -0.15) is 0 Å². The quantitative estimate of drug-likeness (QED) is 0.584. The van der Waals surface area contributed by atoms with E-state index in [1.165, 1.54) is 5.56 Å². The molecule has 0 radical (unpaired) electrons. The molecule has 0 aromatic heterocycles. The van der Waals surface area contributed by atoms with Crippen molar-refractivity contribution in [1.82, 2.24) is 0 Å². The zero-order valence-electron chi connectivity index (χ0n) is 13.1. The first kappa shape index (κ1) is 15.0. The molecule has 0 atom stereocenters. The van der Waals surface area contributed by atoms with Crippen molar-refractivity contribution in [2.24, 2.45) is 4.99 Å². The average molecular weight is 301 g/mol. The van der Waals surface area contributed by atoms with Crippen molar-refractivity contribution in [2.45, 2.75) is 13.5 Å². The van der Waals surface area contributed by atoms with Gasteiger partial charge in [-0.15, -0.1) is 0 Å². The molecule has 0 spiro atoms. The van der Waals surface area contributed by atoms with Crippen LogP contribution in [0.2, 0.25) is 0 Å². The molecule has 3 aromatic carbocycles. The fourth-order valence-corrected chi connectivity index (χ4v) is 2.22. The van der Waals surface area contributed by atoms with E-state index in [0.717, 1.165) is 22.6 Å². The van der Waals surface area contributed by atoms with Gasteiger partial charge in [0, 0.05) is 11.8 Å². The van der Waals surface area contributed by atoms with Crippen molar-refractivity contribution in [3.05, 3.63) is 95.6 Å².